The number of methoxy groups -OCH3 is 1. The summed E-state index contributed by atoms with van der Waals surface area (Å²) in [7, 11) is 1.27. The van der Waals surface area contributed by atoms with Crippen molar-refractivity contribution < 1.29 is 14.7 Å². The summed E-state index contributed by atoms with van der Waals surface area (Å²) in [5.74, 6) is -0.594. The fourth-order valence-corrected chi connectivity index (χ4v) is 1.97. The van der Waals surface area contributed by atoms with E-state index in [-0.39, 0.29) is 5.71 Å². The minimum atomic E-state index is -0.594. The Kier molecular flexibility index (Phi) is 4.13. The van der Waals surface area contributed by atoms with Crippen molar-refractivity contribution in [2.24, 2.45) is 5.16 Å². The number of fused-ring (bicyclic) bond motifs is 1. The first-order valence-corrected chi connectivity index (χ1v) is 6.01. The van der Waals surface area contributed by atoms with Gasteiger partial charge in [0.1, 0.15) is 0 Å². The SMILES string of the molecule is COC(=O)/C(CCc1ccc2ccccc2c1)=N/O. The van der Waals surface area contributed by atoms with E-state index in [1.807, 2.05) is 36.4 Å². The first-order chi connectivity index (χ1) is 9.24. The Morgan fingerprint density at radius 2 is 1.95 bits per heavy atom. The minimum absolute atomic E-state index is 0.0376. The van der Waals surface area contributed by atoms with Crippen molar-refractivity contribution in [3.63, 3.8) is 0 Å². The van der Waals surface area contributed by atoms with E-state index in [1.165, 1.54) is 12.5 Å². The van der Waals surface area contributed by atoms with Gasteiger partial charge in [0.05, 0.1) is 7.11 Å². The predicted molar refractivity (Wildman–Crippen MR) is 73.5 cm³/mol. The number of ether oxygens (including phenoxy) is 1. The number of rotatable bonds is 4. The summed E-state index contributed by atoms with van der Waals surface area (Å²) in [6, 6.07) is 14.2. The van der Waals surface area contributed by atoms with Gasteiger partial charge < -0.3 is 9.94 Å². The first kappa shape index (κ1) is 13.1. The van der Waals surface area contributed by atoms with Crippen molar-refractivity contribution >= 4 is 22.5 Å². The van der Waals surface area contributed by atoms with Crippen molar-refractivity contribution in [1.29, 1.82) is 0 Å². The summed E-state index contributed by atoms with van der Waals surface area (Å²) in [6.45, 7) is 0. The van der Waals surface area contributed by atoms with Crippen LogP contribution in [0.25, 0.3) is 10.8 Å². The Hall–Kier alpha value is -2.36. The molecule has 2 aromatic carbocycles. The van der Waals surface area contributed by atoms with Gasteiger partial charge in [-0.25, -0.2) is 4.79 Å². The van der Waals surface area contributed by atoms with Crippen molar-refractivity contribution in [2.45, 2.75) is 12.8 Å². The Bertz CT molecular complexity index is 620. The third-order valence-electron chi connectivity index (χ3n) is 3.01. The van der Waals surface area contributed by atoms with Crippen LogP contribution in [-0.4, -0.2) is 24.0 Å². The summed E-state index contributed by atoms with van der Waals surface area (Å²) < 4.78 is 4.53. The van der Waals surface area contributed by atoms with Crippen LogP contribution in [0.2, 0.25) is 0 Å². The van der Waals surface area contributed by atoms with E-state index in [0.29, 0.717) is 12.8 Å². The zero-order valence-electron chi connectivity index (χ0n) is 10.7. The fourth-order valence-electron chi connectivity index (χ4n) is 1.97. The number of nitrogens with zero attached hydrogens (tertiary/aromatic N) is 1. The molecular formula is C15H15NO3. The summed E-state index contributed by atoms with van der Waals surface area (Å²) >= 11 is 0. The molecule has 98 valence electrons. The van der Waals surface area contributed by atoms with Gasteiger partial charge in [-0.1, -0.05) is 47.6 Å². The second-order valence-corrected chi connectivity index (χ2v) is 4.22. The monoisotopic (exact) mass is 257 g/mol. The van der Waals surface area contributed by atoms with E-state index in [2.05, 4.69) is 16.0 Å². The molecule has 0 saturated heterocycles. The average Bonchev–Trinajstić information content (AvgIpc) is 2.47. The molecule has 0 saturated carbocycles. The second kappa shape index (κ2) is 6.00. The van der Waals surface area contributed by atoms with Gasteiger partial charge in [-0.15, -0.1) is 0 Å². The molecule has 0 aliphatic heterocycles. The molecule has 2 rings (SSSR count). The average molecular weight is 257 g/mol. The molecule has 0 amide bonds. The van der Waals surface area contributed by atoms with Crippen LogP contribution in [0.3, 0.4) is 0 Å². The van der Waals surface area contributed by atoms with Crippen molar-refractivity contribution in [2.75, 3.05) is 7.11 Å². The van der Waals surface area contributed by atoms with E-state index in [0.717, 1.165) is 10.9 Å². The van der Waals surface area contributed by atoms with Crippen LogP contribution < -0.4 is 0 Å². The summed E-state index contributed by atoms with van der Waals surface area (Å²) in [5.41, 5.74) is 1.12. The normalized spacial score (nSPS) is 11.5. The fraction of sp³-hybridized carbons (Fsp3) is 0.200. The lowest BCUT2D eigenvalue weighted by atomic mass is 10.0. The lowest BCUT2D eigenvalue weighted by Crippen LogP contribution is -2.16. The Morgan fingerprint density at radius 3 is 2.63 bits per heavy atom. The number of oxime groups is 1. The van der Waals surface area contributed by atoms with Crippen LogP contribution in [0.15, 0.2) is 47.6 Å². The summed E-state index contributed by atoms with van der Waals surface area (Å²) in [5, 5.41) is 14.1. The van der Waals surface area contributed by atoms with Crippen molar-refractivity contribution in [3.8, 4) is 0 Å². The van der Waals surface area contributed by atoms with Crippen LogP contribution in [0, 0.1) is 0 Å². The van der Waals surface area contributed by atoms with E-state index < -0.39 is 5.97 Å². The van der Waals surface area contributed by atoms with Crippen LogP contribution in [0.5, 0.6) is 0 Å². The topological polar surface area (TPSA) is 58.9 Å². The molecule has 0 bridgehead atoms. The molecule has 4 nitrogen and oxygen atoms in total. The van der Waals surface area contributed by atoms with Gasteiger partial charge >= 0.3 is 5.97 Å². The number of carbonyl (C=O) groups excluding carboxylic acids is 1. The van der Waals surface area contributed by atoms with Crippen LogP contribution in [0.4, 0.5) is 0 Å². The highest BCUT2D eigenvalue weighted by Gasteiger charge is 2.12. The van der Waals surface area contributed by atoms with Crippen LogP contribution >= 0.6 is 0 Å². The molecule has 0 aliphatic rings. The van der Waals surface area contributed by atoms with Crippen LogP contribution in [0.1, 0.15) is 12.0 Å². The maximum atomic E-state index is 11.3. The van der Waals surface area contributed by atoms with Gasteiger partial charge in [0.2, 0.25) is 0 Å². The van der Waals surface area contributed by atoms with Gasteiger partial charge in [0.25, 0.3) is 0 Å². The molecule has 0 atom stereocenters. The van der Waals surface area contributed by atoms with Gasteiger partial charge in [-0.3, -0.25) is 0 Å². The standard InChI is InChI=1S/C15H15NO3/c1-19-15(17)14(16-18)9-7-11-6-8-12-4-2-3-5-13(12)10-11/h2-6,8,10,18H,7,9H2,1H3/b16-14+. The molecule has 1 N–H and O–H groups in total. The van der Waals surface area contributed by atoms with Crippen LogP contribution in [-0.2, 0) is 16.0 Å². The zero-order valence-corrected chi connectivity index (χ0v) is 10.7. The minimum Gasteiger partial charge on any atom is -0.464 e. The number of carbonyl (C=O) groups is 1. The van der Waals surface area contributed by atoms with E-state index in [4.69, 9.17) is 5.21 Å². The smallest absolute Gasteiger partial charge is 0.355 e. The third-order valence-corrected chi connectivity index (χ3v) is 3.01. The number of aryl methyl sites for hydroxylation is 1. The Morgan fingerprint density at radius 1 is 1.21 bits per heavy atom. The molecule has 0 radical (unpaired) electrons. The highest BCUT2D eigenvalue weighted by Crippen LogP contribution is 2.16. The lowest BCUT2D eigenvalue weighted by Gasteiger charge is -2.04. The van der Waals surface area contributed by atoms with E-state index in [9.17, 15) is 4.79 Å². The Balaban J connectivity index is 2.11. The number of esters is 1. The third kappa shape index (κ3) is 3.10. The molecule has 4 heteroatoms. The molecule has 0 aromatic heterocycles. The number of hydrogen-bond donors (Lipinski definition) is 1. The van der Waals surface area contributed by atoms with Crippen molar-refractivity contribution in [1.82, 2.24) is 0 Å². The predicted octanol–water partition coefficient (Wildman–Crippen LogP) is 2.78. The largest absolute Gasteiger partial charge is 0.464 e. The molecule has 0 fully saturated rings. The van der Waals surface area contributed by atoms with Gasteiger partial charge in [-0.2, -0.15) is 0 Å². The summed E-state index contributed by atoms with van der Waals surface area (Å²) in [4.78, 5) is 11.3. The van der Waals surface area contributed by atoms with Gasteiger partial charge in [0, 0.05) is 6.42 Å². The van der Waals surface area contributed by atoms with Gasteiger partial charge in [-0.05, 0) is 22.8 Å². The zero-order chi connectivity index (χ0) is 13.7. The maximum Gasteiger partial charge on any atom is 0.355 e. The highest BCUT2D eigenvalue weighted by molar-refractivity contribution is 6.36. The molecule has 19 heavy (non-hydrogen) atoms. The van der Waals surface area contributed by atoms with E-state index >= 15 is 0 Å². The lowest BCUT2D eigenvalue weighted by molar-refractivity contribution is -0.133. The molecule has 0 unspecified atom stereocenters. The highest BCUT2D eigenvalue weighted by atomic mass is 16.5. The maximum absolute atomic E-state index is 11.3. The van der Waals surface area contributed by atoms with E-state index in [1.54, 1.807) is 0 Å². The van der Waals surface area contributed by atoms with Gasteiger partial charge in [0.15, 0.2) is 5.71 Å². The molecule has 0 aliphatic carbocycles. The number of benzene rings is 2. The number of hydrogen-bond acceptors (Lipinski definition) is 4. The first-order valence-electron chi connectivity index (χ1n) is 6.01. The molecule has 0 spiro atoms. The second-order valence-electron chi connectivity index (χ2n) is 4.22. The molecule has 2 aromatic rings. The molecule has 0 heterocycles. The Labute approximate surface area is 111 Å². The van der Waals surface area contributed by atoms with Crippen molar-refractivity contribution in [3.05, 3.63) is 48.0 Å². The quantitative estimate of drug-likeness (QED) is 0.396. The molecular weight excluding hydrogens is 242 g/mol. The summed E-state index contributed by atoms with van der Waals surface area (Å²) in [6.07, 6.45) is 0.973.